The zero-order valence-corrected chi connectivity index (χ0v) is 13.7. The summed E-state index contributed by atoms with van der Waals surface area (Å²) in [4.78, 5) is 21.8. The van der Waals surface area contributed by atoms with Gasteiger partial charge in [0, 0.05) is 6.54 Å². The van der Waals surface area contributed by atoms with Crippen LogP contribution in [0.5, 0.6) is 5.75 Å². The largest absolute Gasteiger partial charge is 0.492 e. The number of carboxylic acid groups (broad SMARTS) is 1. The van der Waals surface area contributed by atoms with Gasteiger partial charge in [0.25, 0.3) is 0 Å². The summed E-state index contributed by atoms with van der Waals surface area (Å²) in [7, 11) is 0. The molecule has 0 atom stereocenters. The molecule has 0 aliphatic rings. The number of alkyl carbamates (subject to hydrolysis) is 1. The Bertz CT molecular complexity index is 508. The Labute approximate surface area is 136 Å². The molecule has 0 spiro atoms. The van der Waals surface area contributed by atoms with E-state index < -0.39 is 17.7 Å². The van der Waals surface area contributed by atoms with Crippen LogP contribution in [0.25, 0.3) is 0 Å². The molecule has 23 heavy (non-hydrogen) atoms. The molecule has 7 heteroatoms. The van der Waals surface area contributed by atoms with Crippen molar-refractivity contribution in [2.75, 3.05) is 19.7 Å². The quantitative estimate of drug-likeness (QED) is 0.631. The Balaban J connectivity index is 2.23. The average molecular weight is 324 g/mol. The van der Waals surface area contributed by atoms with Gasteiger partial charge in [-0.15, -0.1) is 0 Å². The summed E-state index contributed by atoms with van der Waals surface area (Å²) in [5, 5.41) is 13.9. The van der Waals surface area contributed by atoms with E-state index in [1.54, 1.807) is 32.9 Å². The van der Waals surface area contributed by atoms with E-state index in [0.717, 1.165) is 5.56 Å². The van der Waals surface area contributed by atoms with E-state index in [1.807, 2.05) is 12.1 Å². The summed E-state index contributed by atoms with van der Waals surface area (Å²) in [6.45, 7) is 6.48. The van der Waals surface area contributed by atoms with Crippen molar-refractivity contribution in [3.63, 3.8) is 0 Å². The van der Waals surface area contributed by atoms with Crippen LogP contribution < -0.4 is 15.4 Å². The predicted molar refractivity (Wildman–Crippen MR) is 85.5 cm³/mol. The van der Waals surface area contributed by atoms with Gasteiger partial charge in [-0.1, -0.05) is 12.1 Å². The van der Waals surface area contributed by atoms with E-state index in [-0.39, 0.29) is 6.54 Å². The zero-order chi connectivity index (χ0) is 17.3. The lowest BCUT2D eigenvalue weighted by molar-refractivity contribution is -0.136. The lowest BCUT2D eigenvalue weighted by Crippen LogP contribution is -2.34. The van der Waals surface area contributed by atoms with Crippen LogP contribution in [-0.2, 0) is 16.1 Å². The maximum atomic E-state index is 11.4. The molecule has 1 rings (SSSR count). The smallest absolute Gasteiger partial charge is 0.407 e. The number of amides is 1. The van der Waals surface area contributed by atoms with Crippen LogP contribution >= 0.6 is 0 Å². The SMILES string of the molecule is CC(C)(C)OC(=O)NCCOc1ccc(CNCC(=O)O)cc1. The minimum Gasteiger partial charge on any atom is -0.492 e. The number of aliphatic carboxylic acids is 1. The first-order chi connectivity index (χ1) is 10.8. The summed E-state index contributed by atoms with van der Waals surface area (Å²) in [6, 6.07) is 7.30. The summed E-state index contributed by atoms with van der Waals surface area (Å²) in [5.74, 6) is -0.208. The number of rotatable bonds is 8. The van der Waals surface area contributed by atoms with Crippen molar-refractivity contribution in [2.24, 2.45) is 0 Å². The molecule has 0 aliphatic heterocycles. The van der Waals surface area contributed by atoms with E-state index in [1.165, 1.54) is 0 Å². The van der Waals surface area contributed by atoms with Crippen molar-refractivity contribution in [3.8, 4) is 5.75 Å². The Morgan fingerprint density at radius 2 is 1.83 bits per heavy atom. The van der Waals surface area contributed by atoms with Crippen LogP contribution in [0.2, 0.25) is 0 Å². The van der Waals surface area contributed by atoms with Crippen LogP contribution in [-0.4, -0.2) is 42.5 Å². The molecular weight excluding hydrogens is 300 g/mol. The summed E-state index contributed by atoms with van der Waals surface area (Å²) in [5.41, 5.74) is 0.445. The van der Waals surface area contributed by atoms with E-state index in [4.69, 9.17) is 14.6 Å². The molecule has 128 valence electrons. The molecule has 1 amide bonds. The highest BCUT2D eigenvalue weighted by atomic mass is 16.6. The third-order valence-corrected chi connectivity index (χ3v) is 2.57. The number of nitrogens with one attached hydrogen (secondary N) is 2. The highest BCUT2D eigenvalue weighted by Gasteiger charge is 2.15. The molecule has 0 heterocycles. The monoisotopic (exact) mass is 324 g/mol. The fraction of sp³-hybridized carbons (Fsp3) is 0.500. The lowest BCUT2D eigenvalue weighted by Gasteiger charge is -2.19. The Morgan fingerprint density at radius 1 is 1.17 bits per heavy atom. The molecule has 7 nitrogen and oxygen atoms in total. The molecular formula is C16H24N2O5. The zero-order valence-electron chi connectivity index (χ0n) is 13.7. The van der Waals surface area contributed by atoms with Crippen LogP contribution in [0, 0.1) is 0 Å². The van der Waals surface area contributed by atoms with Gasteiger partial charge in [-0.05, 0) is 38.5 Å². The third-order valence-electron chi connectivity index (χ3n) is 2.57. The van der Waals surface area contributed by atoms with Crippen LogP contribution in [0.1, 0.15) is 26.3 Å². The minimum atomic E-state index is -0.887. The Hall–Kier alpha value is -2.28. The summed E-state index contributed by atoms with van der Waals surface area (Å²) >= 11 is 0. The third kappa shape index (κ3) is 9.36. The van der Waals surface area contributed by atoms with Gasteiger partial charge in [0.1, 0.15) is 18.0 Å². The summed E-state index contributed by atoms with van der Waals surface area (Å²) < 4.78 is 10.6. The van der Waals surface area contributed by atoms with Gasteiger partial charge < -0.3 is 25.2 Å². The van der Waals surface area contributed by atoms with Gasteiger partial charge in [0.05, 0.1) is 13.1 Å². The van der Waals surface area contributed by atoms with Crippen molar-refractivity contribution < 1.29 is 24.2 Å². The molecule has 0 radical (unpaired) electrons. The predicted octanol–water partition coefficient (Wildman–Crippen LogP) is 1.76. The van der Waals surface area contributed by atoms with Crippen molar-refractivity contribution >= 4 is 12.1 Å². The van der Waals surface area contributed by atoms with E-state index in [0.29, 0.717) is 25.4 Å². The van der Waals surface area contributed by atoms with Gasteiger partial charge in [0.2, 0.25) is 0 Å². The molecule has 0 aromatic heterocycles. The number of hydrogen-bond acceptors (Lipinski definition) is 5. The van der Waals surface area contributed by atoms with Gasteiger partial charge in [0.15, 0.2) is 0 Å². The minimum absolute atomic E-state index is 0.0748. The topological polar surface area (TPSA) is 96.9 Å². The molecule has 0 saturated heterocycles. The van der Waals surface area contributed by atoms with Crippen LogP contribution in [0.15, 0.2) is 24.3 Å². The second kappa shape index (κ2) is 8.99. The first kappa shape index (κ1) is 18.8. The van der Waals surface area contributed by atoms with Gasteiger partial charge in [-0.2, -0.15) is 0 Å². The number of hydrogen-bond donors (Lipinski definition) is 3. The van der Waals surface area contributed by atoms with Gasteiger partial charge in [-0.3, -0.25) is 4.79 Å². The molecule has 3 N–H and O–H groups in total. The molecule has 1 aromatic carbocycles. The first-order valence-corrected chi connectivity index (χ1v) is 7.37. The first-order valence-electron chi connectivity index (χ1n) is 7.37. The molecule has 0 unspecified atom stereocenters. The van der Waals surface area contributed by atoms with Gasteiger partial charge >= 0.3 is 12.1 Å². The fourth-order valence-electron chi connectivity index (χ4n) is 1.65. The van der Waals surface area contributed by atoms with Crippen molar-refractivity contribution in [1.82, 2.24) is 10.6 Å². The average Bonchev–Trinajstić information content (AvgIpc) is 2.43. The number of carbonyl (C=O) groups excluding carboxylic acids is 1. The van der Waals surface area contributed by atoms with E-state index in [2.05, 4.69) is 10.6 Å². The Kier molecular flexibility index (Phi) is 7.34. The van der Waals surface area contributed by atoms with E-state index >= 15 is 0 Å². The molecule has 0 saturated carbocycles. The summed E-state index contributed by atoms with van der Waals surface area (Å²) in [6.07, 6.45) is -0.471. The number of ether oxygens (including phenoxy) is 2. The maximum Gasteiger partial charge on any atom is 0.407 e. The molecule has 0 fully saturated rings. The highest BCUT2D eigenvalue weighted by Crippen LogP contribution is 2.12. The normalized spacial score (nSPS) is 10.9. The van der Waals surface area contributed by atoms with E-state index in [9.17, 15) is 9.59 Å². The van der Waals surface area contributed by atoms with Crippen LogP contribution in [0.4, 0.5) is 4.79 Å². The molecule has 0 aliphatic carbocycles. The number of benzene rings is 1. The van der Waals surface area contributed by atoms with Gasteiger partial charge in [-0.25, -0.2) is 4.79 Å². The standard InChI is InChI=1S/C16H24N2O5/c1-16(2,3)23-15(21)18-8-9-22-13-6-4-12(5-7-13)10-17-11-14(19)20/h4-7,17H,8-11H2,1-3H3,(H,18,21)(H,19,20). The second-order valence-corrected chi connectivity index (χ2v) is 5.92. The second-order valence-electron chi connectivity index (χ2n) is 5.92. The van der Waals surface area contributed by atoms with Crippen LogP contribution in [0.3, 0.4) is 0 Å². The number of carbonyl (C=O) groups is 2. The maximum absolute atomic E-state index is 11.4. The van der Waals surface area contributed by atoms with Crippen molar-refractivity contribution in [1.29, 1.82) is 0 Å². The lowest BCUT2D eigenvalue weighted by atomic mass is 10.2. The van der Waals surface area contributed by atoms with Crippen molar-refractivity contribution in [3.05, 3.63) is 29.8 Å². The molecule has 1 aromatic rings. The Morgan fingerprint density at radius 3 is 2.39 bits per heavy atom. The van der Waals surface area contributed by atoms with Crippen molar-refractivity contribution in [2.45, 2.75) is 32.9 Å². The molecule has 0 bridgehead atoms. The number of carboxylic acids is 1. The highest BCUT2D eigenvalue weighted by molar-refractivity contribution is 5.69. The fourth-order valence-corrected chi connectivity index (χ4v) is 1.65.